The van der Waals surface area contributed by atoms with Crippen LogP contribution in [0.1, 0.15) is 74.6 Å². The first kappa shape index (κ1) is 22.1. The number of urea groups is 1. The number of rotatable bonds is 4. The van der Waals surface area contributed by atoms with Crippen molar-refractivity contribution < 1.29 is 18.0 Å². The molecule has 3 amide bonds. The summed E-state index contributed by atoms with van der Waals surface area (Å²) in [6, 6.07) is 3.38. The number of halogens is 1. The number of carbonyl (C=O) groups is 2. The Hall–Kier alpha value is -1.64. The predicted molar refractivity (Wildman–Crippen MR) is 111 cm³/mol. The maximum absolute atomic E-state index is 13.3. The number of sulfonamides is 1. The zero-order valence-electron chi connectivity index (χ0n) is 16.4. The van der Waals surface area contributed by atoms with E-state index in [1.54, 1.807) is 0 Å². The van der Waals surface area contributed by atoms with Gasteiger partial charge in [-0.3, -0.25) is 9.69 Å². The molecule has 1 aromatic rings. The minimum Gasteiger partial charge on any atom is -0.335 e. The fraction of sp³-hybridized carbons (Fsp3) is 0.600. The van der Waals surface area contributed by atoms with E-state index in [2.05, 4.69) is 5.32 Å². The third kappa shape index (κ3) is 5.49. The zero-order chi connectivity index (χ0) is 21.0. The zero-order valence-corrected chi connectivity index (χ0v) is 18.0. The van der Waals surface area contributed by atoms with Gasteiger partial charge in [0.05, 0.1) is 5.02 Å². The first-order chi connectivity index (χ1) is 13.8. The van der Waals surface area contributed by atoms with Gasteiger partial charge in [0.1, 0.15) is 4.90 Å². The Balaban J connectivity index is 1.88. The van der Waals surface area contributed by atoms with E-state index in [4.69, 9.17) is 16.7 Å². The lowest BCUT2D eigenvalue weighted by Gasteiger charge is -2.34. The van der Waals surface area contributed by atoms with Gasteiger partial charge >= 0.3 is 6.03 Å². The minimum absolute atomic E-state index is 0.0556. The second-order valence-electron chi connectivity index (χ2n) is 7.94. The molecule has 29 heavy (non-hydrogen) atoms. The Morgan fingerprint density at radius 3 is 2.17 bits per heavy atom. The fourth-order valence-corrected chi connectivity index (χ4v) is 5.32. The Bertz CT molecular complexity index is 862. The number of nitrogens with one attached hydrogen (secondary N) is 1. The number of hydrogen-bond donors (Lipinski definition) is 2. The number of imide groups is 1. The number of amides is 3. The van der Waals surface area contributed by atoms with Gasteiger partial charge in [0.2, 0.25) is 10.0 Å². The molecule has 7 nitrogen and oxygen atoms in total. The summed E-state index contributed by atoms with van der Waals surface area (Å²) in [6.07, 6.45) is 9.61. The summed E-state index contributed by atoms with van der Waals surface area (Å²) in [6.45, 7) is 0. The molecule has 3 rings (SSSR count). The maximum Gasteiger partial charge on any atom is 0.324 e. The molecule has 160 valence electrons. The Labute approximate surface area is 177 Å². The van der Waals surface area contributed by atoms with Gasteiger partial charge in [0.15, 0.2) is 0 Å². The number of nitrogens with two attached hydrogens (primary N) is 1. The number of benzene rings is 1. The van der Waals surface area contributed by atoms with Crippen molar-refractivity contribution in [1.29, 1.82) is 0 Å². The molecule has 0 aliphatic heterocycles. The third-order valence-electron chi connectivity index (χ3n) is 5.79. The lowest BCUT2D eigenvalue weighted by Crippen LogP contribution is -2.52. The predicted octanol–water partition coefficient (Wildman–Crippen LogP) is 3.80. The van der Waals surface area contributed by atoms with E-state index in [1.807, 2.05) is 0 Å². The van der Waals surface area contributed by atoms with Gasteiger partial charge in [0, 0.05) is 17.6 Å². The second-order valence-corrected chi connectivity index (χ2v) is 9.88. The molecule has 0 aromatic heterocycles. The number of hydrogen-bond acceptors (Lipinski definition) is 4. The molecule has 2 fully saturated rings. The van der Waals surface area contributed by atoms with E-state index >= 15 is 0 Å². The first-order valence-corrected chi connectivity index (χ1v) is 12.2. The van der Waals surface area contributed by atoms with Crippen LogP contribution in [0.4, 0.5) is 4.79 Å². The molecule has 9 heteroatoms. The van der Waals surface area contributed by atoms with Gasteiger partial charge in [-0.15, -0.1) is 0 Å². The van der Waals surface area contributed by atoms with E-state index in [0.29, 0.717) is 0 Å². The Morgan fingerprint density at radius 1 is 1.00 bits per heavy atom. The van der Waals surface area contributed by atoms with Crippen molar-refractivity contribution >= 4 is 33.6 Å². The molecule has 0 saturated heterocycles. The molecule has 3 N–H and O–H groups in total. The van der Waals surface area contributed by atoms with Crippen molar-refractivity contribution in [3.8, 4) is 0 Å². The largest absolute Gasteiger partial charge is 0.335 e. The summed E-state index contributed by atoms with van der Waals surface area (Å²) >= 11 is 5.94. The van der Waals surface area contributed by atoms with Crippen LogP contribution in [0.3, 0.4) is 0 Å². The van der Waals surface area contributed by atoms with Crippen LogP contribution in [0.5, 0.6) is 0 Å². The van der Waals surface area contributed by atoms with Crippen LogP contribution in [0.25, 0.3) is 0 Å². The summed E-state index contributed by atoms with van der Waals surface area (Å²) in [5.74, 6) is -0.522. The van der Waals surface area contributed by atoms with Crippen LogP contribution in [-0.4, -0.2) is 37.3 Å². The molecule has 0 spiro atoms. The molecule has 0 radical (unpaired) electrons. The van der Waals surface area contributed by atoms with Gasteiger partial charge in [-0.05, 0) is 43.9 Å². The molecular weight excluding hydrogens is 414 g/mol. The lowest BCUT2D eigenvalue weighted by molar-refractivity contribution is 0.0701. The van der Waals surface area contributed by atoms with E-state index < -0.39 is 22.0 Å². The van der Waals surface area contributed by atoms with Crippen molar-refractivity contribution in [3.63, 3.8) is 0 Å². The van der Waals surface area contributed by atoms with E-state index in [9.17, 15) is 18.0 Å². The highest BCUT2D eigenvalue weighted by Crippen LogP contribution is 2.27. The minimum atomic E-state index is -4.09. The first-order valence-electron chi connectivity index (χ1n) is 10.2. The third-order valence-corrected chi connectivity index (χ3v) is 7.19. The highest BCUT2D eigenvalue weighted by atomic mass is 35.5. The number of nitrogens with zero attached hydrogens (tertiary/aromatic N) is 1. The van der Waals surface area contributed by atoms with Crippen LogP contribution < -0.4 is 10.5 Å². The summed E-state index contributed by atoms with van der Waals surface area (Å²) in [7, 11) is -4.09. The summed E-state index contributed by atoms with van der Waals surface area (Å²) in [5.41, 5.74) is 0.0859. The van der Waals surface area contributed by atoms with Crippen LogP contribution >= 0.6 is 11.6 Å². The molecule has 0 heterocycles. The van der Waals surface area contributed by atoms with Crippen LogP contribution in [0.15, 0.2) is 23.1 Å². The van der Waals surface area contributed by atoms with Gasteiger partial charge < -0.3 is 5.32 Å². The van der Waals surface area contributed by atoms with Crippen LogP contribution in [0.2, 0.25) is 5.02 Å². The molecular formula is C20H28ClN3O4S. The van der Waals surface area contributed by atoms with Crippen molar-refractivity contribution in [2.75, 3.05) is 0 Å². The Kier molecular flexibility index (Phi) is 7.19. The highest BCUT2D eigenvalue weighted by molar-refractivity contribution is 7.89. The average Bonchev–Trinajstić information content (AvgIpc) is 2.69. The van der Waals surface area contributed by atoms with E-state index in [-0.39, 0.29) is 27.6 Å². The fourth-order valence-electron chi connectivity index (χ4n) is 4.25. The van der Waals surface area contributed by atoms with Crippen molar-refractivity contribution in [2.45, 2.75) is 81.2 Å². The lowest BCUT2D eigenvalue weighted by atomic mass is 9.93. The van der Waals surface area contributed by atoms with Crippen LogP contribution in [-0.2, 0) is 10.0 Å². The molecule has 0 unspecified atom stereocenters. The second kappa shape index (κ2) is 9.45. The number of carbonyl (C=O) groups excluding carboxylic acids is 2. The smallest absolute Gasteiger partial charge is 0.324 e. The van der Waals surface area contributed by atoms with Gasteiger partial charge in [-0.2, -0.15) is 0 Å². The van der Waals surface area contributed by atoms with Gasteiger partial charge in [-0.25, -0.2) is 18.4 Å². The van der Waals surface area contributed by atoms with E-state index in [0.717, 1.165) is 63.9 Å². The average molecular weight is 442 g/mol. The molecule has 2 saturated carbocycles. The van der Waals surface area contributed by atoms with Gasteiger partial charge in [-0.1, -0.05) is 50.1 Å². The maximum atomic E-state index is 13.3. The topological polar surface area (TPSA) is 110 Å². The molecule has 2 aliphatic carbocycles. The van der Waals surface area contributed by atoms with Crippen molar-refractivity contribution in [3.05, 3.63) is 28.8 Å². The quantitative estimate of drug-likeness (QED) is 0.740. The summed E-state index contributed by atoms with van der Waals surface area (Å²) < 4.78 is 23.6. The molecule has 2 aliphatic rings. The van der Waals surface area contributed by atoms with Gasteiger partial charge in [0.25, 0.3) is 5.91 Å². The van der Waals surface area contributed by atoms with Crippen LogP contribution in [0, 0.1) is 0 Å². The summed E-state index contributed by atoms with van der Waals surface area (Å²) in [4.78, 5) is 27.4. The highest BCUT2D eigenvalue weighted by Gasteiger charge is 2.33. The van der Waals surface area contributed by atoms with E-state index in [1.165, 1.54) is 23.5 Å². The summed E-state index contributed by atoms with van der Waals surface area (Å²) in [5, 5.41) is 8.18. The monoisotopic (exact) mass is 441 g/mol. The molecule has 0 bridgehead atoms. The Morgan fingerprint density at radius 2 is 1.59 bits per heavy atom. The molecule has 1 aromatic carbocycles. The SMILES string of the molecule is NS(=O)(=O)c1cc(C(=O)N(C(=O)NC2CCCCC2)C2CCCCC2)ccc1Cl. The van der Waals surface area contributed by atoms with Crippen molar-refractivity contribution in [1.82, 2.24) is 10.2 Å². The number of primary sulfonamides is 1. The standard InChI is InChI=1S/C20H28ClN3O4S/c21-17-12-11-14(13-18(17)29(22,27)28)19(25)24(16-9-5-2-6-10-16)20(26)23-15-7-3-1-4-8-15/h11-13,15-16H,1-10H2,(H,23,26)(H2,22,27,28). The normalized spacial score (nSPS) is 19.0. The molecule has 0 atom stereocenters. The van der Waals surface area contributed by atoms with Crippen molar-refractivity contribution in [2.24, 2.45) is 5.14 Å².